The zero-order valence-electron chi connectivity index (χ0n) is 10.9. The Morgan fingerprint density at radius 1 is 1.21 bits per heavy atom. The van der Waals surface area contributed by atoms with E-state index >= 15 is 0 Å². The molecular formula is C15H20F2O2. The molecule has 0 saturated heterocycles. The van der Waals surface area contributed by atoms with E-state index in [1.165, 1.54) is 31.4 Å². The number of hydrogen-bond donors (Lipinski definition) is 1. The number of aliphatic hydroxyl groups excluding tert-OH is 1. The first kappa shape index (κ1) is 14.4. The van der Waals surface area contributed by atoms with Gasteiger partial charge >= 0.3 is 0 Å². The highest BCUT2D eigenvalue weighted by Crippen LogP contribution is 2.24. The average molecular weight is 270 g/mol. The summed E-state index contributed by atoms with van der Waals surface area (Å²) in [5.74, 6) is -1.39. The molecule has 19 heavy (non-hydrogen) atoms. The molecular weight excluding hydrogens is 250 g/mol. The van der Waals surface area contributed by atoms with Crippen LogP contribution in [0.25, 0.3) is 0 Å². The van der Waals surface area contributed by atoms with Gasteiger partial charge in [-0.3, -0.25) is 0 Å². The molecule has 1 aliphatic carbocycles. The number of hydrogen-bond acceptors (Lipinski definition) is 2. The number of ether oxygens (including phenoxy) is 1. The highest BCUT2D eigenvalue weighted by atomic mass is 19.2. The molecule has 0 bridgehead atoms. The monoisotopic (exact) mass is 270 g/mol. The first-order valence-electron chi connectivity index (χ1n) is 6.88. The largest absolute Gasteiger partial charge is 0.386 e. The van der Waals surface area contributed by atoms with Crippen LogP contribution in [0, 0.1) is 17.6 Å². The van der Waals surface area contributed by atoms with Crippen LogP contribution in [-0.4, -0.2) is 18.3 Å². The molecule has 0 spiro atoms. The lowest BCUT2D eigenvalue weighted by atomic mass is 9.90. The summed E-state index contributed by atoms with van der Waals surface area (Å²) >= 11 is 0. The van der Waals surface area contributed by atoms with E-state index in [0.717, 1.165) is 18.9 Å². The van der Waals surface area contributed by atoms with Gasteiger partial charge in [0, 0.05) is 12.2 Å². The summed E-state index contributed by atoms with van der Waals surface area (Å²) in [6.07, 6.45) is 4.95. The average Bonchev–Trinajstić information content (AvgIpc) is 2.43. The number of aliphatic hydroxyl groups is 1. The summed E-state index contributed by atoms with van der Waals surface area (Å²) in [5.41, 5.74) is -0.0383. The van der Waals surface area contributed by atoms with E-state index in [0.29, 0.717) is 12.5 Å². The molecule has 0 radical (unpaired) electrons. The van der Waals surface area contributed by atoms with Crippen molar-refractivity contribution in [2.24, 2.45) is 5.92 Å². The number of halogens is 2. The molecule has 0 heterocycles. The summed E-state index contributed by atoms with van der Waals surface area (Å²) in [5, 5.41) is 9.82. The molecule has 1 aliphatic rings. The lowest BCUT2D eigenvalue weighted by Crippen LogP contribution is -2.17. The van der Waals surface area contributed by atoms with Crippen LogP contribution in [0.1, 0.15) is 43.8 Å². The molecule has 1 unspecified atom stereocenters. The van der Waals surface area contributed by atoms with Gasteiger partial charge in [0.15, 0.2) is 11.6 Å². The lowest BCUT2D eigenvalue weighted by molar-refractivity contribution is 0.0130. The zero-order valence-corrected chi connectivity index (χ0v) is 10.9. The van der Waals surface area contributed by atoms with E-state index in [1.807, 2.05) is 0 Å². The molecule has 1 aromatic rings. The summed E-state index contributed by atoms with van der Waals surface area (Å²) in [4.78, 5) is 0. The van der Waals surface area contributed by atoms with Crippen LogP contribution in [-0.2, 0) is 4.74 Å². The maximum Gasteiger partial charge on any atom is 0.164 e. The van der Waals surface area contributed by atoms with E-state index in [4.69, 9.17) is 4.74 Å². The predicted octanol–water partition coefficient (Wildman–Crippen LogP) is 3.60. The minimum Gasteiger partial charge on any atom is -0.386 e. The SMILES string of the molecule is OC(COCC1CCCCC1)c1cccc(F)c1F. The van der Waals surface area contributed by atoms with Crippen LogP contribution in [0.5, 0.6) is 0 Å². The van der Waals surface area contributed by atoms with Gasteiger partial charge in [-0.15, -0.1) is 0 Å². The van der Waals surface area contributed by atoms with Gasteiger partial charge in [0.1, 0.15) is 6.10 Å². The minimum atomic E-state index is -1.11. The van der Waals surface area contributed by atoms with Crippen molar-refractivity contribution < 1.29 is 18.6 Å². The van der Waals surface area contributed by atoms with E-state index in [9.17, 15) is 13.9 Å². The summed E-state index contributed by atoms with van der Waals surface area (Å²) < 4.78 is 31.9. The normalized spacial score (nSPS) is 18.5. The molecule has 1 atom stereocenters. The Bertz CT molecular complexity index is 403. The molecule has 1 N–H and O–H groups in total. The Labute approximate surface area is 112 Å². The lowest BCUT2D eigenvalue weighted by Gasteiger charge is -2.22. The second kappa shape index (κ2) is 6.96. The quantitative estimate of drug-likeness (QED) is 0.886. The van der Waals surface area contributed by atoms with Crippen LogP contribution in [0.3, 0.4) is 0 Å². The van der Waals surface area contributed by atoms with E-state index < -0.39 is 17.7 Å². The smallest absolute Gasteiger partial charge is 0.164 e. The fraction of sp³-hybridized carbons (Fsp3) is 0.600. The fourth-order valence-corrected chi connectivity index (χ4v) is 2.57. The Kier molecular flexibility index (Phi) is 5.28. The zero-order chi connectivity index (χ0) is 13.7. The van der Waals surface area contributed by atoms with Gasteiger partial charge in [0.25, 0.3) is 0 Å². The standard InChI is InChI=1S/C15H20F2O2/c16-13-8-4-7-12(15(13)17)14(18)10-19-9-11-5-2-1-3-6-11/h4,7-8,11,14,18H,1-3,5-6,9-10H2. The molecule has 2 nitrogen and oxygen atoms in total. The molecule has 0 amide bonds. The van der Waals surface area contributed by atoms with Crippen LogP contribution in [0.4, 0.5) is 8.78 Å². The number of rotatable bonds is 5. The van der Waals surface area contributed by atoms with Gasteiger partial charge in [0.05, 0.1) is 6.61 Å². The van der Waals surface area contributed by atoms with E-state index in [-0.39, 0.29) is 12.2 Å². The van der Waals surface area contributed by atoms with Crippen molar-refractivity contribution in [3.63, 3.8) is 0 Å². The van der Waals surface area contributed by atoms with E-state index in [1.54, 1.807) is 0 Å². The van der Waals surface area contributed by atoms with Crippen molar-refractivity contribution >= 4 is 0 Å². The van der Waals surface area contributed by atoms with Gasteiger partial charge in [-0.05, 0) is 24.8 Å². The Hall–Kier alpha value is -1.00. The van der Waals surface area contributed by atoms with Crippen LogP contribution < -0.4 is 0 Å². The first-order chi connectivity index (χ1) is 9.18. The molecule has 0 aromatic heterocycles. The van der Waals surface area contributed by atoms with Crippen molar-refractivity contribution in [2.75, 3.05) is 13.2 Å². The maximum absolute atomic E-state index is 13.4. The first-order valence-corrected chi connectivity index (χ1v) is 6.88. The molecule has 0 aliphatic heterocycles. The van der Waals surface area contributed by atoms with E-state index in [2.05, 4.69) is 0 Å². The third kappa shape index (κ3) is 3.98. The number of benzene rings is 1. The minimum absolute atomic E-state index is 0.0108. The fourth-order valence-electron chi connectivity index (χ4n) is 2.57. The van der Waals surface area contributed by atoms with Crippen molar-refractivity contribution in [2.45, 2.75) is 38.2 Å². The van der Waals surface area contributed by atoms with Crippen molar-refractivity contribution in [3.05, 3.63) is 35.4 Å². The molecule has 4 heteroatoms. The molecule has 106 valence electrons. The van der Waals surface area contributed by atoms with Crippen molar-refractivity contribution in [1.82, 2.24) is 0 Å². The van der Waals surface area contributed by atoms with Gasteiger partial charge < -0.3 is 9.84 Å². The molecule has 1 aromatic carbocycles. The Balaban J connectivity index is 1.80. The third-order valence-electron chi connectivity index (χ3n) is 3.69. The third-order valence-corrected chi connectivity index (χ3v) is 3.69. The Morgan fingerprint density at radius 3 is 2.68 bits per heavy atom. The predicted molar refractivity (Wildman–Crippen MR) is 68.7 cm³/mol. The van der Waals surface area contributed by atoms with Crippen molar-refractivity contribution in [1.29, 1.82) is 0 Å². The van der Waals surface area contributed by atoms with Gasteiger partial charge in [-0.25, -0.2) is 8.78 Å². The molecule has 1 saturated carbocycles. The molecule has 2 rings (SSSR count). The summed E-state index contributed by atoms with van der Waals surface area (Å²) in [6, 6.07) is 3.81. The second-order valence-corrected chi connectivity index (χ2v) is 5.20. The maximum atomic E-state index is 13.4. The van der Waals surface area contributed by atoms with Crippen LogP contribution in [0.15, 0.2) is 18.2 Å². The highest BCUT2D eigenvalue weighted by Gasteiger charge is 2.18. The van der Waals surface area contributed by atoms with Gasteiger partial charge in [0.2, 0.25) is 0 Å². The molecule has 1 fully saturated rings. The Morgan fingerprint density at radius 2 is 1.95 bits per heavy atom. The van der Waals surface area contributed by atoms with Gasteiger partial charge in [-0.1, -0.05) is 31.4 Å². The van der Waals surface area contributed by atoms with Gasteiger partial charge in [-0.2, -0.15) is 0 Å². The van der Waals surface area contributed by atoms with Crippen LogP contribution in [0.2, 0.25) is 0 Å². The summed E-state index contributed by atoms with van der Waals surface area (Å²) in [7, 11) is 0. The topological polar surface area (TPSA) is 29.5 Å². The van der Waals surface area contributed by atoms with Crippen molar-refractivity contribution in [3.8, 4) is 0 Å². The second-order valence-electron chi connectivity index (χ2n) is 5.20. The van der Waals surface area contributed by atoms with Crippen LogP contribution >= 0.6 is 0 Å². The summed E-state index contributed by atoms with van der Waals surface area (Å²) in [6.45, 7) is 0.602. The highest BCUT2D eigenvalue weighted by molar-refractivity contribution is 5.21.